The number of rotatable bonds is 3. The molecule has 2 aliphatic heterocycles. The second-order valence-corrected chi connectivity index (χ2v) is 7.92. The van der Waals surface area contributed by atoms with Crippen molar-refractivity contribution in [1.29, 1.82) is 0 Å². The van der Waals surface area contributed by atoms with Crippen molar-refractivity contribution in [3.05, 3.63) is 22.4 Å². The average molecular weight is 306 g/mol. The van der Waals surface area contributed by atoms with E-state index in [9.17, 15) is 4.79 Å². The lowest BCUT2D eigenvalue weighted by Gasteiger charge is -2.40. The smallest absolute Gasteiger partial charge is 0.229 e. The largest absolute Gasteiger partial charge is 0.334 e. The molecule has 0 aliphatic carbocycles. The molecule has 2 saturated heterocycles. The Morgan fingerprint density at radius 3 is 2.90 bits per heavy atom. The molecular weight excluding hydrogens is 280 g/mol. The van der Waals surface area contributed by atoms with Gasteiger partial charge in [-0.2, -0.15) is 0 Å². The van der Waals surface area contributed by atoms with E-state index in [0.29, 0.717) is 17.9 Å². The van der Waals surface area contributed by atoms with Crippen molar-refractivity contribution in [2.45, 2.75) is 45.6 Å². The van der Waals surface area contributed by atoms with Crippen LogP contribution in [0.2, 0.25) is 0 Å². The quantitative estimate of drug-likeness (QED) is 0.928. The summed E-state index contributed by atoms with van der Waals surface area (Å²) in [4.78, 5) is 16.7. The Bertz CT molecular complexity index is 477. The lowest BCUT2D eigenvalue weighted by Crippen LogP contribution is -2.48. The van der Waals surface area contributed by atoms with Crippen molar-refractivity contribution < 1.29 is 4.79 Å². The zero-order valence-electron chi connectivity index (χ0n) is 13.1. The molecule has 1 aromatic heterocycles. The van der Waals surface area contributed by atoms with Crippen LogP contribution in [0.3, 0.4) is 0 Å². The fourth-order valence-electron chi connectivity index (χ4n) is 3.80. The van der Waals surface area contributed by atoms with Gasteiger partial charge in [-0.25, -0.2) is 0 Å². The van der Waals surface area contributed by atoms with E-state index in [4.69, 9.17) is 0 Å². The van der Waals surface area contributed by atoms with Gasteiger partial charge in [-0.3, -0.25) is 4.79 Å². The minimum Gasteiger partial charge on any atom is -0.334 e. The predicted molar refractivity (Wildman–Crippen MR) is 87.4 cm³/mol. The van der Waals surface area contributed by atoms with Crippen molar-refractivity contribution >= 4 is 17.2 Å². The van der Waals surface area contributed by atoms with E-state index in [1.54, 1.807) is 11.3 Å². The highest BCUT2D eigenvalue weighted by molar-refractivity contribution is 7.10. The second kappa shape index (κ2) is 6.09. The number of hydrogen-bond acceptors (Lipinski definition) is 3. The summed E-state index contributed by atoms with van der Waals surface area (Å²) >= 11 is 1.78. The molecule has 0 aromatic carbocycles. The lowest BCUT2D eigenvalue weighted by molar-refractivity contribution is -0.144. The SMILES string of the molecule is CC(C)(C(=O)N1CCCC1c1cccs1)C1CCCNC1. The van der Waals surface area contributed by atoms with Gasteiger partial charge in [0.15, 0.2) is 0 Å². The summed E-state index contributed by atoms with van der Waals surface area (Å²) in [5, 5.41) is 5.57. The molecule has 1 amide bonds. The predicted octanol–water partition coefficient (Wildman–Crippen LogP) is 3.44. The van der Waals surface area contributed by atoms with Gasteiger partial charge >= 0.3 is 0 Å². The molecule has 21 heavy (non-hydrogen) atoms. The van der Waals surface area contributed by atoms with Gasteiger partial charge in [0.05, 0.1) is 6.04 Å². The fraction of sp³-hybridized carbons (Fsp3) is 0.706. The zero-order valence-corrected chi connectivity index (χ0v) is 13.9. The van der Waals surface area contributed by atoms with Gasteiger partial charge in [-0.1, -0.05) is 19.9 Å². The standard InChI is InChI=1S/C17H26N2OS/c1-17(2,13-6-3-9-18-12-13)16(20)19-10-4-7-14(19)15-8-5-11-21-15/h5,8,11,13-14,18H,3-4,6-7,9-10,12H2,1-2H3. The first kappa shape index (κ1) is 15.0. The molecule has 0 saturated carbocycles. The first-order valence-corrected chi connectivity index (χ1v) is 9.04. The topological polar surface area (TPSA) is 32.3 Å². The monoisotopic (exact) mass is 306 g/mol. The molecular formula is C17H26N2OS. The van der Waals surface area contributed by atoms with Gasteiger partial charge in [-0.15, -0.1) is 11.3 Å². The van der Waals surface area contributed by atoms with Gasteiger partial charge in [0.25, 0.3) is 0 Å². The molecule has 2 fully saturated rings. The van der Waals surface area contributed by atoms with Crippen LogP contribution < -0.4 is 5.32 Å². The summed E-state index contributed by atoms with van der Waals surface area (Å²) in [6.45, 7) is 7.30. The van der Waals surface area contributed by atoms with E-state index in [-0.39, 0.29) is 5.41 Å². The van der Waals surface area contributed by atoms with Crippen molar-refractivity contribution in [2.24, 2.45) is 11.3 Å². The number of carbonyl (C=O) groups is 1. The van der Waals surface area contributed by atoms with Gasteiger partial charge in [0.1, 0.15) is 0 Å². The molecule has 2 aliphatic rings. The number of nitrogens with zero attached hydrogens (tertiary/aromatic N) is 1. The molecule has 3 heterocycles. The summed E-state index contributed by atoms with van der Waals surface area (Å²) in [6.07, 6.45) is 4.61. The van der Waals surface area contributed by atoms with E-state index < -0.39 is 0 Å². The van der Waals surface area contributed by atoms with Gasteiger partial charge < -0.3 is 10.2 Å². The van der Waals surface area contributed by atoms with Crippen LogP contribution in [0.4, 0.5) is 0 Å². The first-order chi connectivity index (χ1) is 10.1. The normalized spacial score (nSPS) is 27.0. The Kier molecular flexibility index (Phi) is 4.36. The number of thiophene rings is 1. The minimum atomic E-state index is -0.257. The third kappa shape index (κ3) is 2.88. The summed E-state index contributed by atoms with van der Waals surface area (Å²) in [7, 11) is 0. The van der Waals surface area contributed by atoms with E-state index in [1.807, 2.05) is 0 Å². The lowest BCUT2D eigenvalue weighted by atomic mass is 9.74. The van der Waals surface area contributed by atoms with Crippen LogP contribution >= 0.6 is 11.3 Å². The maximum Gasteiger partial charge on any atom is 0.229 e. The van der Waals surface area contributed by atoms with Crippen LogP contribution in [0.15, 0.2) is 17.5 Å². The molecule has 0 bridgehead atoms. The van der Waals surface area contributed by atoms with Gasteiger partial charge in [0.2, 0.25) is 5.91 Å². The molecule has 1 N–H and O–H groups in total. The highest BCUT2D eigenvalue weighted by atomic mass is 32.1. The highest BCUT2D eigenvalue weighted by Crippen LogP contribution is 2.40. The minimum absolute atomic E-state index is 0.257. The third-order valence-electron chi connectivity index (χ3n) is 5.25. The van der Waals surface area contributed by atoms with Crippen LogP contribution in [0.1, 0.15) is 50.4 Å². The van der Waals surface area contributed by atoms with Crippen molar-refractivity contribution in [2.75, 3.05) is 19.6 Å². The van der Waals surface area contributed by atoms with E-state index >= 15 is 0 Å². The van der Waals surface area contributed by atoms with E-state index in [0.717, 1.165) is 32.5 Å². The van der Waals surface area contributed by atoms with Crippen LogP contribution in [0.5, 0.6) is 0 Å². The fourth-order valence-corrected chi connectivity index (χ4v) is 4.67. The Hall–Kier alpha value is -0.870. The number of amides is 1. The zero-order chi connectivity index (χ0) is 14.9. The number of carbonyl (C=O) groups excluding carboxylic acids is 1. The van der Waals surface area contributed by atoms with Gasteiger partial charge in [-0.05, 0) is 56.1 Å². The Labute approximate surface area is 131 Å². The third-order valence-corrected chi connectivity index (χ3v) is 6.23. The van der Waals surface area contributed by atoms with Crippen LogP contribution in [-0.4, -0.2) is 30.4 Å². The summed E-state index contributed by atoms with van der Waals surface area (Å²) in [6, 6.07) is 4.58. The number of likely N-dealkylation sites (tertiary alicyclic amines) is 1. The highest BCUT2D eigenvalue weighted by Gasteiger charge is 2.43. The number of piperidine rings is 1. The molecule has 116 valence electrons. The Morgan fingerprint density at radius 1 is 1.38 bits per heavy atom. The maximum absolute atomic E-state index is 13.2. The molecule has 2 atom stereocenters. The summed E-state index contributed by atoms with van der Waals surface area (Å²) < 4.78 is 0. The molecule has 0 radical (unpaired) electrons. The molecule has 1 aromatic rings. The van der Waals surface area contributed by atoms with Gasteiger partial charge in [0, 0.05) is 16.8 Å². The molecule has 3 nitrogen and oxygen atoms in total. The Balaban J connectivity index is 1.76. The van der Waals surface area contributed by atoms with Crippen LogP contribution in [0, 0.1) is 11.3 Å². The summed E-state index contributed by atoms with van der Waals surface area (Å²) in [5.41, 5.74) is -0.257. The molecule has 4 heteroatoms. The Morgan fingerprint density at radius 2 is 2.24 bits per heavy atom. The number of nitrogens with one attached hydrogen (secondary N) is 1. The maximum atomic E-state index is 13.2. The van der Waals surface area contributed by atoms with Crippen LogP contribution in [-0.2, 0) is 4.79 Å². The first-order valence-electron chi connectivity index (χ1n) is 8.16. The summed E-state index contributed by atoms with van der Waals surface area (Å²) in [5.74, 6) is 0.815. The van der Waals surface area contributed by atoms with Crippen molar-refractivity contribution in [3.8, 4) is 0 Å². The molecule has 3 rings (SSSR count). The van der Waals surface area contributed by atoms with Crippen molar-refractivity contribution in [1.82, 2.24) is 10.2 Å². The molecule has 0 spiro atoms. The van der Waals surface area contributed by atoms with Crippen LogP contribution in [0.25, 0.3) is 0 Å². The average Bonchev–Trinajstić information content (AvgIpc) is 3.18. The second-order valence-electron chi connectivity index (χ2n) is 6.94. The van der Waals surface area contributed by atoms with E-state index in [1.165, 1.54) is 17.7 Å². The molecule has 2 unspecified atom stereocenters. The van der Waals surface area contributed by atoms with Crippen molar-refractivity contribution in [3.63, 3.8) is 0 Å². The van der Waals surface area contributed by atoms with E-state index in [2.05, 4.69) is 41.6 Å². The number of hydrogen-bond donors (Lipinski definition) is 1.